The van der Waals surface area contributed by atoms with Gasteiger partial charge in [0.1, 0.15) is 0 Å². The second-order valence-electron chi connectivity index (χ2n) is 5.80. The number of amides is 1. The zero-order chi connectivity index (χ0) is 15.2. The first-order valence-corrected chi connectivity index (χ1v) is 8.97. The van der Waals surface area contributed by atoms with Crippen molar-refractivity contribution in [2.45, 2.75) is 38.6 Å². The van der Waals surface area contributed by atoms with Gasteiger partial charge in [0.15, 0.2) is 9.84 Å². The third kappa shape index (κ3) is 5.76. The van der Waals surface area contributed by atoms with Crippen molar-refractivity contribution in [3.8, 4) is 0 Å². The molecule has 1 rings (SSSR count). The van der Waals surface area contributed by atoms with E-state index in [4.69, 9.17) is 5.11 Å². The minimum absolute atomic E-state index is 0.0146. The van der Waals surface area contributed by atoms with Crippen LogP contribution < -0.4 is 5.32 Å². The highest BCUT2D eigenvalue weighted by molar-refractivity contribution is 7.91. The molecule has 7 heteroatoms. The fraction of sp³-hybridized carbons (Fsp3) is 0.923. The molecule has 0 radical (unpaired) electrons. The molecular formula is C13H26N2O4S. The Hall–Kier alpha value is -0.660. The van der Waals surface area contributed by atoms with E-state index in [1.54, 1.807) is 6.92 Å². The van der Waals surface area contributed by atoms with Gasteiger partial charge in [-0.1, -0.05) is 13.3 Å². The molecule has 0 bridgehead atoms. The van der Waals surface area contributed by atoms with Gasteiger partial charge in [-0.2, -0.15) is 0 Å². The lowest BCUT2D eigenvalue weighted by molar-refractivity contribution is -0.123. The summed E-state index contributed by atoms with van der Waals surface area (Å²) in [5.74, 6) is -0.0186. The standard InChI is InChI=1S/C13H26N2O4S/c1-3-4-6-15(7-8-16)10-12(17)14-13(2)5-9-20(18,19)11-13/h16H,3-11H2,1-2H3,(H,14,17). The summed E-state index contributed by atoms with van der Waals surface area (Å²) in [5.41, 5.74) is -0.647. The summed E-state index contributed by atoms with van der Waals surface area (Å²) in [6.07, 6.45) is 2.47. The van der Waals surface area contributed by atoms with Gasteiger partial charge in [-0.15, -0.1) is 0 Å². The average molecular weight is 306 g/mol. The summed E-state index contributed by atoms with van der Waals surface area (Å²) in [6, 6.07) is 0. The Balaban J connectivity index is 2.49. The predicted octanol–water partition coefficient (Wildman–Crippen LogP) is -0.226. The number of hydrogen-bond donors (Lipinski definition) is 2. The van der Waals surface area contributed by atoms with Crippen molar-refractivity contribution in [3.63, 3.8) is 0 Å². The molecule has 1 aliphatic heterocycles. The third-order valence-corrected chi connectivity index (χ3v) is 5.46. The topological polar surface area (TPSA) is 86.7 Å². The van der Waals surface area contributed by atoms with Crippen LogP contribution in [-0.2, 0) is 14.6 Å². The van der Waals surface area contributed by atoms with Crippen LogP contribution in [0, 0.1) is 0 Å². The molecule has 0 spiro atoms. The maximum Gasteiger partial charge on any atom is 0.234 e. The Morgan fingerprint density at radius 3 is 2.60 bits per heavy atom. The summed E-state index contributed by atoms with van der Waals surface area (Å²) in [6.45, 7) is 5.29. The van der Waals surface area contributed by atoms with Gasteiger partial charge in [0.25, 0.3) is 0 Å². The highest BCUT2D eigenvalue weighted by Gasteiger charge is 2.39. The molecule has 1 fully saturated rings. The SMILES string of the molecule is CCCCN(CCO)CC(=O)NC1(C)CCS(=O)(=O)C1. The molecule has 0 aromatic carbocycles. The van der Waals surface area contributed by atoms with Crippen LogP contribution in [-0.4, -0.2) is 67.6 Å². The number of rotatable bonds is 8. The molecule has 1 atom stereocenters. The van der Waals surface area contributed by atoms with Crippen LogP contribution in [0.25, 0.3) is 0 Å². The minimum Gasteiger partial charge on any atom is -0.395 e. The van der Waals surface area contributed by atoms with E-state index in [1.165, 1.54) is 0 Å². The number of nitrogens with one attached hydrogen (secondary N) is 1. The van der Waals surface area contributed by atoms with Crippen LogP contribution in [0.1, 0.15) is 33.1 Å². The highest BCUT2D eigenvalue weighted by atomic mass is 32.2. The van der Waals surface area contributed by atoms with Gasteiger partial charge in [0.05, 0.1) is 30.2 Å². The monoisotopic (exact) mass is 306 g/mol. The largest absolute Gasteiger partial charge is 0.395 e. The van der Waals surface area contributed by atoms with Crippen LogP contribution >= 0.6 is 0 Å². The number of sulfone groups is 1. The minimum atomic E-state index is -3.02. The van der Waals surface area contributed by atoms with Crippen molar-refractivity contribution in [1.82, 2.24) is 10.2 Å². The second-order valence-corrected chi connectivity index (χ2v) is 7.99. The fourth-order valence-electron chi connectivity index (χ4n) is 2.48. The maximum atomic E-state index is 12.0. The third-order valence-electron chi connectivity index (χ3n) is 3.56. The number of carbonyl (C=O) groups excluding carboxylic acids is 1. The van der Waals surface area contributed by atoms with Crippen molar-refractivity contribution in [3.05, 3.63) is 0 Å². The molecule has 1 saturated heterocycles. The molecule has 1 amide bonds. The van der Waals surface area contributed by atoms with Gasteiger partial charge < -0.3 is 10.4 Å². The molecule has 0 aliphatic carbocycles. The van der Waals surface area contributed by atoms with E-state index in [0.717, 1.165) is 19.4 Å². The Labute approximate surface area is 121 Å². The van der Waals surface area contributed by atoms with E-state index in [0.29, 0.717) is 13.0 Å². The number of aliphatic hydroxyl groups excluding tert-OH is 1. The first-order valence-electron chi connectivity index (χ1n) is 7.15. The molecule has 0 saturated carbocycles. The lowest BCUT2D eigenvalue weighted by Crippen LogP contribution is -2.50. The van der Waals surface area contributed by atoms with E-state index in [2.05, 4.69) is 12.2 Å². The van der Waals surface area contributed by atoms with Crippen LogP contribution in [0.3, 0.4) is 0 Å². The first kappa shape index (κ1) is 17.4. The number of hydrogen-bond acceptors (Lipinski definition) is 5. The van der Waals surface area contributed by atoms with E-state index >= 15 is 0 Å². The van der Waals surface area contributed by atoms with E-state index in [1.807, 2.05) is 4.90 Å². The number of aliphatic hydroxyl groups is 1. The molecule has 1 unspecified atom stereocenters. The number of carbonyl (C=O) groups is 1. The molecule has 1 heterocycles. The number of nitrogens with zero attached hydrogens (tertiary/aromatic N) is 1. The van der Waals surface area contributed by atoms with Crippen molar-refractivity contribution >= 4 is 15.7 Å². The average Bonchev–Trinajstić information content (AvgIpc) is 2.60. The molecule has 6 nitrogen and oxygen atoms in total. The number of unbranched alkanes of at least 4 members (excludes halogenated alkanes) is 1. The Bertz CT molecular complexity index is 424. The smallest absolute Gasteiger partial charge is 0.234 e. The lowest BCUT2D eigenvalue weighted by Gasteiger charge is -2.27. The van der Waals surface area contributed by atoms with Crippen molar-refractivity contribution < 1.29 is 18.3 Å². The molecule has 0 aromatic heterocycles. The van der Waals surface area contributed by atoms with Gasteiger partial charge in [-0.05, 0) is 26.3 Å². The van der Waals surface area contributed by atoms with Gasteiger partial charge >= 0.3 is 0 Å². The molecular weight excluding hydrogens is 280 g/mol. The normalized spacial score (nSPS) is 25.0. The zero-order valence-corrected chi connectivity index (χ0v) is 13.2. The van der Waals surface area contributed by atoms with Crippen LogP contribution in [0.4, 0.5) is 0 Å². The zero-order valence-electron chi connectivity index (χ0n) is 12.4. The Morgan fingerprint density at radius 1 is 1.40 bits per heavy atom. The van der Waals surface area contributed by atoms with Crippen LogP contribution in [0.15, 0.2) is 0 Å². The molecule has 20 heavy (non-hydrogen) atoms. The molecule has 118 valence electrons. The fourth-order valence-corrected chi connectivity index (χ4v) is 4.57. The van der Waals surface area contributed by atoms with Gasteiger partial charge in [-0.3, -0.25) is 9.69 Å². The van der Waals surface area contributed by atoms with Crippen molar-refractivity contribution in [2.24, 2.45) is 0 Å². The predicted molar refractivity (Wildman–Crippen MR) is 78.3 cm³/mol. The molecule has 2 N–H and O–H groups in total. The van der Waals surface area contributed by atoms with E-state index in [9.17, 15) is 13.2 Å². The summed E-state index contributed by atoms with van der Waals surface area (Å²) in [7, 11) is -3.02. The Kier molecular flexibility index (Phi) is 6.42. The first-order chi connectivity index (χ1) is 9.30. The summed E-state index contributed by atoms with van der Waals surface area (Å²) in [4.78, 5) is 13.9. The van der Waals surface area contributed by atoms with E-state index < -0.39 is 15.4 Å². The van der Waals surface area contributed by atoms with Crippen LogP contribution in [0.2, 0.25) is 0 Å². The van der Waals surface area contributed by atoms with Gasteiger partial charge in [0.2, 0.25) is 5.91 Å². The van der Waals surface area contributed by atoms with Gasteiger partial charge in [-0.25, -0.2) is 8.42 Å². The highest BCUT2D eigenvalue weighted by Crippen LogP contribution is 2.22. The van der Waals surface area contributed by atoms with Crippen LogP contribution in [0.5, 0.6) is 0 Å². The summed E-state index contributed by atoms with van der Waals surface area (Å²) < 4.78 is 23.0. The van der Waals surface area contributed by atoms with Crippen molar-refractivity contribution in [2.75, 3.05) is 37.7 Å². The summed E-state index contributed by atoms with van der Waals surface area (Å²) in [5, 5.41) is 11.8. The summed E-state index contributed by atoms with van der Waals surface area (Å²) >= 11 is 0. The van der Waals surface area contributed by atoms with Crippen molar-refractivity contribution in [1.29, 1.82) is 0 Å². The van der Waals surface area contributed by atoms with E-state index in [-0.39, 0.29) is 30.6 Å². The molecule has 1 aliphatic rings. The quantitative estimate of drug-likeness (QED) is 0.647. The maximum absolute atomic E-state index is 12.0. The Morgan fingerprint density at radius 2 is 2.10 bits per heavy atom. The van der Waals surface area contributed by atoms with Gasteiger partial charge in [0, 0.05) is 6.54 Å². The lowest BCUT2D eigenvalue weighted by atomic mass is 10.0. The second kappa shape index (κ2) is 7.38. The molecule has 0 aromatic rings.